The zero-order valence-corrected chi connectivity index (χ0v) is 13.4. The van der Waals surface area contributed by atoms with Gasteiger partial charge in [-0.05, 0) is 42.3 Å². The minimum atomic E-state index is -0.230. The zero-order valence-electron chi connectivity index (χ0n) is 13.4. The van der Waals surface area contributed by atoms with Crippen LogP contribution >= 0.6 is 0 Å². The highest BCUT2D eigenvalue weighted by molar-refractivity contribution is 5.62. The fourth-order valence-corrected chi connectivity index (χ4v) is 3.02. The van der Waals surface area contributed by atoms with Crippen LogP contribution < -0.4 is 9.47 Å². The second-order valence-corrected chi connectivity index (χ2v) is 5.72. The van der Waals surface area contributed by atoms with E-state index < -0.39 is 0 Å². The standard InChI is InChI=1S/C19H20O4/c1-4-5-12-8-14-11(2)18(23-19(14)17(9-12)22-3)13-6-7-15(20)16(21)10-13/h4-11,18,20-21H,1-3H3/t11-,18-/m1/s1. The predicted molar refractivity (Wildman–Crippen MR) is 89.3 cm³/mol. The Hall–Kier alpha value is -2.62. The Kier molecular flexibility index (Phi) is 3.90. The van der Waals surface area contributed by atoms with E-state index >= 15 is 0 Å². The number of benzene rings is 2. The molecule has 0 aromatic heterocycles. The van der Waals surface area contributed by atoms with Gasteiger partial charge in [-0.3, -0.25) is 0 Å². The molecule has 0 radical (unpaired) electrons. The summed E-state index contributed by atoms with van der Waals surface area (Å²) in [4.78, 5) is 0. The van der Waals surface area contributed by atoms with Crippen LogP contribution in [-0.4, -0.2) is 17.3 Å². The zero-order chi connectivity index (χ0) is 16.6. The Morgan fingerprint density at radius 1 is 1.13 bits per heavy atom. The predicted octanol–water partition coefficient (Wildman–Crippen LogP) is 4.38. The van der Waals surface area contributed by atoms with Gasteiger partial charge in [0.15, 0.2) is 23.0 Å². The highest BCUT2D eigenvalue weighted by Gasteiger charge is 2.35. The molecule has 2 aromatic rings. The molecule has 0 aliphatic carbocycles. The summed E-state index contributed by atoms with van der Waals surface area (Å²) >= 11 is 0. The molecule has 0 unspecified atom stereocenters. The van der Waals surface area contributed by atoms with Crippen molar-refractivity contribution >= 4 is 6.08 Å². The first-order valence-electron chi connectivity index (χ1n) is 7.58. The molecule has 23 heavy (non-hydrogen) atoms. The number of phenols is 2. The van der Waals surface area contributed by atoms with Gasteiger partial charge < -0.3 is 19.7 Å². The number of methoxy groups -OCH3 is 1. The van der Waals surface area contributed by atoms with E-state index in [1.807, 2.05) is 25.1 Å². The Morgan fingerprint density at radius 3 is 2.57 bits per heavy atom. The Labute approximate surface area is 135 Å². The van der Waals surface area contributed by atoms with Crippen molar-refractivity contribution in [1.82, 2.24) is 0 Å². The molecule has 0 spiro atoms. The maximum atomic E-state index is 9.74. The van der Waals surface area contributed by atoms with Gasteiger partial charge in [-0.15, -0.1) is 0 Å². The van der Waals surface area contributed by atoms with E-state index in [9.17, 15) is 10.2 Å². The van der Waals surface area contributed by atoms with Crippen LogP contribution in [0.3, 0.4) is 0 Å². The van der Waals surface area contributed by atoms with Crippen LogP contribution in [-0.2, 0) is 0 Å². The number of rotatable bonds is 3. The highest BCUT2D eigenvalue weighted by atomic mass is 16.5. The first-order valence-corrected chi connectivity index (χ1v) is 7.58. The van der Waals surface area contributed by atoms with Crippen LogP contribution in [0, 0.1) is 0 Å². The van der Waals surface area contributed by atoms with E-state index in [-0.39, 0.29) is 23.5 Å². The monoisotopic (exact) mass is 312 g/mol. The molecule has 0 saturated heterocycles. The quantitative estimate of drug-likeness (QED) is 0.826. The molecule has 3 rings (SSSR count). The van der Waals surface area contributed by atoms with Gasteiger partial charge in [-0.2, -0.15) is 0 Å². The number of hydrogen-bond acceptors (Lipinski definition) is 4. The molecule has 1 aliphatic rings. The molecule has 120 valence electrons. The lowest BCUT2D eigenvalue weighted by Gasteiger charge is -2.16. The lowest BCUT2D eigenvalue weighted by Crippen LogP contribution is -2.07. The summed E-state index contributed by atoms with van der Waals surface area (Å²) in [5.41, 5.74) is 2.96. The summed E-state index contributed by atoms with van der Waals surface area (Å²) in [5.74, 6) is 1.27. The van der Waals surface area contributed by atoms with Crippen molar-refractivity contribution in [2.45, 2.75) is 25.9 Å². The van der Waals surface area contributed by atoms with E-state index in [2.05, 4.69) is 13.0 Å². The first-order chi connectivity index (χ1) is 11.0. The SMILES string of the molecule is CC=Cc1cc(OC)c2c(c1)[C@@H](C)[C@H](c1ccc(O)c(O)c1)O2. The number of ether oxygens (including phenoxy) is 2. The van der Waals surface area contributed by atoms with Crippen molar-refractivity contribution in [3.63, 3.8) is 0 Å². The molecular formula is C19H20O4. The third-order valence-corrected chi connectivity index (χ3v) is 4.20. The van der Waals surface area contributed by atoms with Gasteiger partial charge in [0.2, 0.25) is 0 Å². The van der Waals surface area contributed by atoms with E-state index in [1.54, 1.807) is 19.2 Å². The Balaban J connectivity index is 2.03. The summed E-state index contributed by atoms with van der Waals surface area (Å²) in [6.45, 7) is 4.06. The third kappa shape index (κ3) is 2.61. The maximum Gasteiger partial charge on any atom is 0.165 e. The number of allylic oxidation sites excluding steroid dienone is 1. The summed E-state index contributed by atoms with van der Waals surface area (Å²) < 4.78 is 11.6. The van der Waals surface area contributed by atoms with E-state index in [4.69, 9.17) is 9.47 Å². The molecule has 0 fully saturated rings. The molecule has 1 heterocycles. The molecule has 0 bridgehead atoms. The smallest absolute Gasteiger partial charge is 0.165 e. The van der Waals surface area contributed by atoms with Crippen molar-refractivity contribution in [3.8, 4) is 23.0 Å². The number of aromatic hydroxyl groups is 2. The van der Waals surface area contributed by atoms with Gasteiger partial charge in [-0.25, -0.2) is 0 Å². The van der Waals surface area contributed by atoms with Crippen LogP contribution in [0.2, 0.25) is 0 Å². The lowest BCUT2D eigenvalue weighted by molar-refractivity contribution is 0.207. The van der Waals surface area contributed by atoms with Gasteiger partial charge >= 0.3 is 0 Å². The molecule has 2 aromatic carbocycles. The Bertz CT molecular complexity index is 764. The lowest BCUT2D eigenvalue weighted by atomic mass is 9.91. The van der Waals surface area contributed by atoms with E-state index in [1.165, 1.54) is 6.07 Å². The van der Waals surface area contributed by atoms with Crippen molar-refractivity contribution in [2.75, 3.05) is 7.11 Å². The summed E-state index contributed by atoms with van der Waals surface area (Å²) in [6.07, 6.45) is 3.78. The van der Waals surface area contributed by atoms with Crippen LogP contribution in [0.1, 0.15) is 42.6 Å². The van der Waals surface area contributed by atoms with Gasteiger partial charge in [0.05, 0.1) is 7.11 Å². The highest BCUT2D eigenvalue weighted by Crippen LogP contribution is 2.51. The average molecular weight is 312 g/mol. The normalized spacial score (nSPS) is 19.6. The van der Waals surface area contributed by atoms with Crippen molar-refractivity contribution in [1.29, 1.82) is 0 Å². The number of hydrogen-bond donors (Lipinski definition) is 2. The van der Waals surface area contributed by atoms with Crippen LogP contribution in [0.5, 0.6) is 23.0 Å². The summed E-state index contributed by atoms with van der Waals surface area (Å²) in [7, 11) is 1.63. The fraction of sp³-hybridized carbons (Fsp3) is 0.263. The average Bonchev–Trinajstić information content (AvgIpc) is 2.87. The van der Waals surface area contributed by atoms with Crippen LogP contribution in [0.25, 0.3) is 6.08 Å². The van der Waals surface area contributed by atoms with Gasteiger partial charge in [0.25, 0.3) is 0 Å². The van der Waals surface area contributed by atoms with Crippen molar-refractivity contribution in [3.05, 3.63) is 53.1 Å². The van der Waals surface area contributed by atoms with Gasteiger partial charge in [0.1, 0.15) is 6.10 Å². The van der Waals surface area contributed by atoms with Crippen LogP contribution in [0.15, 0.2) is 36.4 Å². The third-order valence-electron chi connectivity index (χ3n) is 4.20. The van der Waals surface area contributed by atoms with E-state index in [0.717, 1.165) is 22.4 Å². The summed E-state index contributed by atoms with van der Waals surface area (Å²) in [6, 6.07) is 8.83. The molecule has 4 heteroatoms. The maximum absolute atomic E-state index is 9.74. The second kappa shape index (κ2) is 5.88. The Morgan fingerprint density at radius 2 is 1.91 bits per heavy atom. The summed E-state index contributed by atoms with van der Waals surface area (Å²) in [5, 5.41) is 19.2. The van der Waals surface area contributed by atoms with Gasteiger partial charge in [0, 0.05) is 11.5 Å². The first kappa shape index (κ1) is 15.3. The van der Waals surface area contributed by atoms with E-state index in [0.29, 0.717) is 5.75 Å². The molecular weight excluding hydrogens is 292 g/mol. The topological polar surface area (TPSA) is 58.9 Å². The molecule has 2 N–H and O–H groups in total. The molecule has 4 nitrogen and oxygen atoms in total. The van der Waals surface area contributed by atoms with Gasteiger partial charge in [-0.1, -0.05) is 25.1 Å². The minimum Gasteiger partial charge on any atom is -0.504 e. The molecule has 0 saturated carbocycles. The second-order valence-electron chi connectivity index (χ2n) is 5.72. The fourth-order valence-electron chi connectivity index (χ4n) is 3.02. The molecule has 2 atom stereocenters. The number of fused-ring (bicyclic) bond motifs is 1. The largest absolute Gasteiger partial charge is 0.504 e. The number of phenolic OH excluding ortho intramolecular Hbond substituents is 2. The minimum absolute atomic E-state index is 0.105. The molecule has 1 aliphatic heterocycles. The van der Waals surface area contributed by atoms with Crippen molar-refractivity contribution in [2.24, 2.45) is 0 Å². The van der Waals surface area contributed by atoms with Crippen molar-refractivity contribution < 1.29 is 19.7 Å². The van der Waals surface area contributed by atoms with Crippen LogP contribution in [0.4, 0.5) is 0 Å². The molecule has 0 amide bonds.